The molecular weight excluding hydrogens is 387 g/mol. The lowest BCUT2D eigenvalue weighted by atomic mass is 9.91. The van der Waals surface area contributed by atoms with Gasteiger partial charge in [0.05, 0.1) is 42.9 Å². The first-order chi connectivity index (χ1) is 14.5. The van der Waals surface area contributed by atoms with Crippen LogP contribution in [0.1, 0.15) is 28.6 Å². The van der Waals surface area contributed by atoms with E-state index in [2.05, 4.69) is 20.4 Å². The van der Waals surface area contributed by atoms with Crippen LogP contribution in [-0.2, 0) is 11.3 Å². The fourth-order valence-electron chi connectivity index (χ4n) is 3.63. The Hall–Kier alpha value is -3.59. The second-order valence-corrected chi connectivity index (χ2v) is 6.79. The second-order valence-electron chi connectivity index (χ2n) is 6.79. The number of aliphatic imine (C=N–C) groups is 1. The van der Waals surface area contributed by atoms with E-state index < -0.39 is 0 Å². The molecule has 3 aromatic rings. The predicted octanol–water partition coefficient (Wildman–Crippen LogP) is 2.77. The van der Waals surface area contributed by atoms with Crippen molar-refractivity contribution in [1.29, 1.82) is 0 Å². The van der Waals surface area contributed by atoms with Crippen LogP contribution in [0.25, 0.3) is 11.3 Å². The fourth-order valence-corrected chi connectivity index (χ4v) is 3.63. The molecule has 2 aromatic heterocycles. The van der Waals surface area contributed by atoms with Gasteiger partial charge in [-0.05, 0) is 30.7 Å². The summed E-state index contributed by atoms with van der Waals surface area (Å²) in [5.41, 5.74) is 12.9. The molecule has 0 amide bonds. The number of benzene rings is 1. The summed E-state index contributed by atoms with van der Waals surface area (Å²) < 4.78 is 19.4. The van der Waals surface area contributed by atoms with Crippen molar-refractivity contribution in [3.8, 4) is 17.1 Å². The summed E-state index contributed by atoms with van der Waals surface area (Å²) in [5.74, 6) is 0.766. The van der Waals surface area contributed by atoms with E-state index in [0.717, 1.165) is 16.8 Å². The maximum Gasteiger partial charge on any atom is 0.220 e. The molecule has 0 saturated heterocycles. The van der Waals surface area contributed by atoms with Crippen molar-refractivity contribution in [3.63, 3.8) is 0 Å². The number of hydroxylamine groups is 1. The molecule has 154 valence electrons. The Morgan fingerprint density at radius 2 is 1.97 bits per heavy atom. The number of methoxy groups -OCH3 is 1. The number of hydrogen-bond donors (Lipinski definition) is 2. The first kappa shape index (κ1) is 19.7. The van der Waals surface area contributed by atoms with Gasteiger partial charge in [0.1, 0.15) is 5.82 Å². The number of fused-ring (bicyclic) bond motifs is 1. The van der Waals surface area contributed by atoms with Crippen molar-refractivity contribution in [2.45, 2.75) is 19.4 Å². The maximum atomic E-state index is 14.2. The molecule has 3 N–H and O–H groups in total. The van der Waals surface area contributed by atoms with Gasteiger partial charge in [-0.1, -0.05) is 12.1 Å². The number of nitrogens with zero attached hydrogens (tertiary/aromatic N) is 4. The quantitative estimate of drug-likeness (QED) is 0.639. The molecule has 0 aliphatic carbocycles. The molecule has 0 bridgehead atoms. The third-order valence-corrected chi connectivity index (χ3v) is 4.87. The SMILES string of the molecule is CONC1=NC(c2ccc(F)cc2-c2cccc(OC)n2)Cc2nc(N)nc(C)c21. The average molecular weight is 408 g/mol. The van der Waals surface area contributed by atoms with Crippen LogP contribution in [-0.4, -0.2) is 35.0 Å². The molecule has 1 aromatic carbocycles. The van der Waals surface area contributed by atoms with Crippen LogP contribution in [0.5, 0.6) is 5.88 Å². The van der Waals surface area contributed by atoms with E-state index in [9.17, 15) is 4.39 Å². The molecule has 1 aliphatic heterocycles. The molecule has 8 nitrogen and oxygen atoms in total. The zero-order valence-electron chi connectivity index (χ0n) is 16.8. The van der Waals surface area contributed by atoms with E-state index in [1.807, 2.05) is 13.0 Å². The van der Waals surface area contributed by atoms with Crippen LogP contribution in [0.15, 0.2) is 41.4 Å². The van der Waals surface area contributed by atoms with E-state index in [0.29, 0.717) is 35.1 Å². The van der Waals surface area contributed by atoms with Gasteiger partial charge in [-0.2, -0.15) is 0 Å². The second kappa shape index (κ2) is 8.03. The highest BCUT2D eigenvalue weighted by Gasteiger charge is 2.28. The number of pyridine rings is 1. The van der Waals surface area contributed by atoms with Crippen LogP contribution in [0, 0.1) is 12.7 Å². The first-order valence-corrected chi connectivity index (χ1v) is 9.31. The third kappa shape index (κ3) is 3.67. The summed E-state index contributed by atoms with van der Waals surface area (Å²) in [4.78, 5) is 23.0. The summed E-state index contributed by atoms with van der Waals surface area (Å²) in [6.45, 7) is 1.84. The first-order valence-electron chi connectivity index (χ1n) is 9.31. The number of halogens is 1. The molecule has 0 radical (unpaired) electrons. The number of hydrogen-bond acceptors (Lipinski definition) is 8. The Balaban J connectivity index is 1.86. The van der Waals surface area contributed by atoms with E-state index >= 15 is 0 Å². The minimum atomic E-state index is -0.365. The van der Waals surface area contributed by atoms with Crippen molar-refractivity contribution < 1.29 is 14.0 Å². The Morgan fingerprint density at radius 3 is 2.73 bits per heavy atom. The minimum absolute atomic E-state index is 0.192. The molecule has 1 atom stereocenters. The van der Waals surface area contributed by atoms with Crippen molar-refractivity contribution in [2.24, 2.45) is 4.99 Å². The molecular formula is C21H21FN6O2. The lowest BCUT2D eigenvalue weighted by Gasteiger charge is -2.25. The number of anilines is 1. The van der Waals surface area contributed by atoms with Crippen LogP contribution in [0.2, 0.25) is 0 Å². The van der Waals surface area contributed by atoms with Crippen molar-refractivity contribution in [3.05, 3.63) is 64.7 Å². The lowest BCUT2D eigenvalue weighted by molar-refractivity contribution is 0.144. The van der Waals surface area contributed by atoms with Gasteiger partial charge in [0.15, 0.2) is 5.84 Å². The van der Waals surface area contributed by atoms with Gasteiger partial charge in [0, 0.05) is 18.1 Å². The molecule has 4 rings (SSSR count). The Morgan fingerprint density at radius 1 is 1.13 bits per heavy atom. The zero-order chi connectivity index (χ0) is 21.3. The largest absolute Gasteiger partial charge is 0.481 e. The van der Waals surface area contributed by atoms with Gasteiger partial charge in [0.2, 0.25) is 11.8 Å². The summed E-state index contributed by atoms with van der Waals surface area (Å²) in [5, 5.41) is 0. The van der Waals surface area contributed by atoms with E-state index in [4.69, 9.17) is 20.3 Å². The van der Waals surface area contributed by atoms with Crippen LogP contribution in [0.4, 0.5) is 10.3 Å². The summed E-state index contributed by atoms with van der Waals surface area (Å²) >= 11 is 0. The number of nitrogens with one attached hydrogen (secondary N) is 1. The maximum absolute atomic E-state index is 14.2. The number of nitrogens with two attached hydrogens (primary N) is 1. The van der Waals surface area contributed by atoms with Gasteiger partial charge in [0.25, 0.3) is 0 Å². The molecule has 0 saturated carbocycles. The lowest BCUT2D eigenvalue weighted by Crippen LogP contribution is -2.31. The van der Waals surface area contributed by atoms with Crippen molar-refractivity contribution >= 4 is 11.8 Å². The molecule has 30 heavy (non-hydrogen) atoms. The van der Waals surface area contributed by atoms with Crippen LogP contribution in [0.3, 0.4) is 0 Å². The summed E-state index contributed by atoms with van der Waals surface area (Å²) in [6.07, 6.45) is 0.473. The minimum Gasteiger partial charge on any atom is -0.481 e. The highest BCUT2D eigenvalue weighted by molar-refractivity contribution is 6.01. The van der Waals surface area contributed by atoms with Gasteiger partial charge < -0.3 is 10.5 Å². The van der Waals surface area contributed by atoms with E-state index in [1.165, 1.54) is 26.4 Å². The summed E-state index contributed by atoms with van der Waals surface area (Å²) in [6, 6.07) is 9.57. The van der Waals surface area contributed by atoms with Crippen molar-refractivity contribution in [2.75, 3.05) is 20.0 Å². The van der Waals surface area contributed by atoms with Crippen LogP contribution >= 0.6 is 0 Å². The number of amidine groups is 1. The van der Waals surface area contributed by atoms with Crippen molar-refractivity contribution in [1.82, 2.24) is 20.4 Å². The van der Waals surface area contributed by atoms with Gasteiger partial charge in [-0.15, -0.1) is 0 Å². The smallest absolute Gasteiger partial charge is 0.220 e. The standard InChI is InChI=1S/C21H21FN6O2/c1-11-19-17(27-21(23)24-11)10-16(26-20(19)28-30-3)13-8-7-12(22)9-14(13)15-5-4-6-18(25-15)29-2/h4-9,16H,10H2,1-3H3,(H,26,28)(H2,23,24,27). The number of ether oxygens (including phenoxy) is 1. The number of aryl methyl sites for hydroxylation is 1. The number of aromatic nitrogens is 3. The fraction of sp³-hybridized carbons (Fsp3) is 0.238. The Bertz CT molecular complexity index is 1130. The summed E-state index contributed by atoms with van der Waals surface area (Å²) in [7, 11) is 3.04. The van der Waals surface area contributed by atoms with Gasteiger partial charge >= 0.3 is 0 Å². The highest BCUT2D eigenvalue weighted by Crippen LogP contribution is 2.36. The Kier molecular flexibility index (Phi) is 5.28. The molecule has 1 aliphatic rings. The molecule has 3 heterocycles. The molecule has 1 unspecified atom stereocenters. The average Bonchev–Trinajstić information content (AvgIpc) is 2.73. The molecule has 9 heteroatoms. The molecule has 0 fully saturated rings. The highest BCUT2D eigenvalue weighted by atomic mass is 19.1. The van der Waals surface area contributed by atoms with Gasteiger partial charge in [-0.3, -0.25) is 9.83 Å². The predicted molar refractivity (Wildman–Crippen MR) is 110 cm³/mol. The number of nitrogen functional groups attached to an aromatic ring is 1. The van der Waals surface area contributed by atoms with E-state index in [1.54, 1.807) is 18.2 Å². The van der Waals surface area contributed by atoms with E-state index in [-0.39, 0.29) is 17.8 Å². The zero-order valence-corrected chi connectivity index (χ0v) is 16.8. The Labute approximate surface area is 173 Å². The van der Waals surface area contributed by atoms with Gasteiger partial charge in [-0.25, -0.2) is 24.8 Å². The topological polar surface area (TPSA) is 108 Å². The normalized spacial score (nSPS) is 15.3. The number of rotatable bonds is 4. The third-order valence-electron chi connectivity index (χ3n) is 4.87. The molecule has 0 spiro atoms. The monoisotopic (exact) mass is 408 g/mol. The van der Waals surface area contributed by atoms with Crippen LogP contribution < -0.4 is 16.0 Å².